The lowest BCUT2D eigenvalue weighted by molar-refractivity contribution is 0.0460. The van der Waals surface area contributed by atoms with Crippen molar-refractivity contribution in [3.05, 3.63) is 0 Å². The summed E-state index contributed by atoms with van der Waals surface area (Å²) in [6.07, 6.45) is 0.868. The van der Waals surface area contributed by atoms with Gasteiger partial charge in [0.1, 0.15) is 5.60 Å². The quantitative estimate of drug-likeness (QED) is 0.645. The van der Waals surface area contributed by atoms with Gasteiger partial charge in [-0.25, -0.2) is 10.2 Å². The molecular weight excluding hydrogens is 218 g/mol. The molecule has 5 heteroatoms. The Morgan fingerprint density at radius 2 is 2.18 bits per heavy atom. The second-order valence-electron chi connectivity index (χ2n) is 6.15. The molecule has 17 heavy (non-hydrogen) atoms. The standard InChI is InChI=1S/C12H23N3O2/c1-7(10-8-5-9(10)13-6-8)14-15-11(16)17-12(2,3)4/h7-10,13-14H,5-6H2,1-4H3,(H,15,16). The Morgan fingerprint density at radius 1 is 1.47 bits per heavy atom. The summed E-state index contributed by atoms with van der Waals surface area (Å²) in [5.41, 5.74) is 5.21. The summed E-state index contributed by atoms with van der Waals surface area (Å²) in [7, 11) is 0. The predicted octanol–water partition coefficient (Wildman–Crippen LogP) is 1.01. The number of hydrogen-bond acceptors (Lipinski definition) is 4. The minimum absolute atomic E-state index is 0.279. The molecule has 4 unspecified atom stereocenters. The van der Waals surface area contributed by atoms with E-state index in [4.69, 9.17) is 4.74 Å². The topological polar surface area (TPSA) is 62.4 Å². The zero-order valence-corrected chi connectivity index (χ0v) is 11.0. The Kier molecular flexibility index (Phi) is 3.32. The van der Waals surface area contributed by atoms with Crippen LogP contribution in [0.3, 0.4) is 0 Å². The van der Waals surface area contributed by atoms with E-state index in [2.05, 4.69) is 23.1 Å². The highest BCUT2D eigenvalue weighted by molar-refractivity contribution is 5.67. The molecule has 3 aliphatic rings. The maximum atomic E-state index is 11.5. The molecule has 2 saturated heterocycles. The zero-order chi connectivity index (χ0) is 12.6. The number of hydrazine groups is 1. The van der Waals surface area contributed by atoms with Crippen LogP contribution in [0.2, 0.25) is 0 Å². The number of fused-ring (bicyclic) bond motifs is 1. The highest BCUT2D eigenvalue weighted by atomic mass is 16.6. The van der Waals surface area contributed by atoms with Gasteiger partial charge in [0.05, 0.1) is 0 Å². The molecule has 0 aromatic rings. The van der Waals surface area contributed by atoms with Crippen LogP contribution in [0.5, 0.6) is 0 Å². The number of carbonyl (C=O) groups excluding carboxylic acids is 1. The predicted molar refractivity (Wildman–Crippen MR) is 65.4 cm³/mol. The Hall–Kier alpha value is -0.810. The molecule has 5 nitrogen and oxygen atoms in total. The molecule has 2 heterocycles. The summed E-state index contributed by atoms with van der Waals surface area (Å²) in [6, 6.07) is 0.907. The Balaban J connectivity index is 1.70. The van der Waals surface area contributed by atoms with Crippen molar-refractivity contribution in [2.75, 3.05) is 6.54 Å². The van der Waals surface area contributed by atoms with Crippen LogP contribution in [0.1, 0.15) is 34.1 Å². The summed E-state index contributed by atoms with van der Waals surface area (Å²) in [5, 5.41) is 3.47. The fraction of sp³-hybridized carbons (Fsp3) is 0.917. The maximum absolute atomic E-state index is 11.5. The number of carbonyl (C=O) groups is 1. The Labute approximate surface area is 103 Å². The monoisotopic (exact) mass is 241 g/mol. The molecule has 0 radical (unpaired) electrons. The number of rotatable bonds is 3. The minimum atomic E-state index is -0.452. The van der Waals surface area contributed by atoms with Crippen molar-refractivity contribution >= 4 is 6.09 Å². The van der Waals surface area contributed by atoms with E-state index >= 15 is 0 Å². The van der Waals surface area contributed by atoms with Crippen LogP contribution >= 0.6 is 0 Å². The van der Waals surface area contributed by atoms with E-state index in [1.807, 2.05) is 20.8 Å². The lowest BCUT2D eigenvalue weighted by Gasteiger charge is -2.39. The fourth-order valence-electron chi connectivity index (χ4n) is 2.84. The third kappa shape index (κ3) is 2.90. The van der Waals surface area contributed by atoms with Gasteiger partial charge >= 0.3 is 6.09 Å². The van der Waals surface area contributed by atoms with Gasteiger partial charge in [0.2, 0.25) is 0 Å². The van der Waals surface area contributed by atoms with Crippen LogP contribution in [0.25, 0.3) is 0 Å². The third-order valence-electron chi connectivity index (χ3n) is 3.59. The van der Waals surface area contributed by atoms with E-state index in [9.17, 15) is 4.79 Å². The molecule has 3 rings (SSSR count). The van der Waals surface area contributed by atoms with Crippen molar-refractivity contribution in [1.82, 2.24) is 16.2 Å². The SMILES string of the molecule is CC(NNC(=O)OC(C)(C)C)C1C2CNC1C2. The van der Waals surface area contributed by atoms with E-state index in [1.165, 1.54) is 6.42 Å². The molecular formula is C12H23N3O2. The third-order valence-corrected chi connectivity index (χ3v) is 3.59. The fourth-order valence-corrected chi connectivity index (χ4v) is 2.84. The van der Waals surface area contributed by atoms with Crippen LogP contribution in [0.4, 0.5) is 4.79 Å². The second kappa shape index (κ2) is 4.46. The molecule has 98 valence electrons. The summed E-state index contributed by atoms with van der Waals surface area (Å²) in [6.45, 7) is 8.78. The van der Waals surface area contributed by atoms with E-state index in [1.54, 1.807) is 0 Å². The van der Waals surface area contributed by atoms with Crippen LogP contribution in [-0.2, 0) is 4.74 Å². The van der Waals surface area contributed by atoms with Gasteiger partial charge in [-0.15, -0.1) is 0 Å². The van der Waals surface area contributed by atoms with Crippen molar-refractivity contribution in [2.24, 2.45) is 11.8 Å². The van der Waals surface area contributed by atoms with Gasteiger partial charge in [-0.05, 0) is 52.5 Å². The highest BCUT2D eigenvalue weighted by Gasteiger charge is 2.48. The first-order valence-corrected chi connectivity index (χ1v) is 6.35. The molecule has 1 amide bonds. The lowest BCUT2D eigenvalue weighted by atomic mass is 9.70. The number of nitrogens with one attached hydrogen (secondary N) is 3. The van der Waals surface area contributed by atoms with Gasteiger partial charge < -0.3 is 10.1 Å². The molecule has 0 aromatic carbocycles. The largest absolute Gasteiger partial charge is 0.443 e. The first-order chi connectivity index (χ1) is 7.87. The van der Waals surface area contributed by atoms with E-state index in [-0.39, 0.29) is 6.04 Å². The minimum Gasteiger partial charge on any atom is -0.443 e. The van der Waals surface area contributed by atoms with Gasteiger partial charge in [-0.2, -0.15) is 0 Å². The Morgan fingerprint density at radius 3 is 2.65 bits per heavy atom. The van der Waals surface area contributed by atoms with Crippen molar-refractivity contribution < 1.29 is 9.53 Å². The summed E-state index contributed by atoms with van der Waals surface area (Å²) >= 11 is 0. The molecule has 2 aliphatic heterocycles. The highest BCUT2D eigenvalue weighted by Crippen LogP contribution is 2.41. The van der Waals surface area contributed by atoms with Crippen molar-refractivity contribution in [3.8, 4) is 0 Å². The molecule has 1 aliphatic carbocycles. The Bertz CT molecular complexity index is 287. The van der Waals surface area contributed by atoms with Gasteiger partial charge in [-0.1, -0.05) is 0 Å². The van der Waals surface area contributed by atoms with Crippen molar-refractivity contribution in [1.29, 1.82) is 0 Å². The van der Waals surface area contributed by atoms with E-state index in [0.29, 0.717) is 12.0 Å². The van der Waals surface area contributed by atoms with Crippen molar-refractivity contribution in [3.63, 3.8) is 0 Å². The van der Waals surface area contributed by atoms with Crippen molar-refractivity contribution in [2.45, 2.75) is 51.8 Å². The molecule has 0 spiro atoms. The first-order valence-electron chi connectivity index (χ1n) is 6.35. The number of hydrogen-bond donors (Lipinski definition) is 3. The molecule has 3 fully saturated rings. The lowest BCUT2D eigenvalue weighted by Crippen LogP contribution is -2.54. The summed E-state index contributed by atoms with van der Waals surface area (Å²) < 4.78 is 5.16. The second-order valence-corrected chi connectivity index (χ2v) is 6.15. The maximum Gasteiger partial charge on any atom is 0.422 e. The van der Waals surface area contributed by atoms with E-state index in [0.717, 1.165) is 12.5 Å². The summed E-state index contributed by atoms with van der Waals surface area (Å²) in [5.74, 6) is 1.40. The van der Waals surface area contributed by atoms with Gasteiger partial charge in [-0.3, -0.25) is 5.43 Å². The number of ether oxygens (including phenoxy) is 1. The molecule has 0 aromatic heterocycles. The molecule has 4 atom stereocenters. The molecule has 3 N–H and O–H groups in total. The van der Waals surface area contributed by atoms with Crippen LogP contribution < -0.4 is 16.2 Å². The van der Waals surface area contributed by atoms with Crippen LogP contribution in [0.15, 0.2) is 0 Å². The average molecular weight is 241 g/mol. The number of amides is 1. The average Bonchev–Trinajstić information content (AvgIpc) is 2.72. The summed E-state index contributed by atoms with van der Waals surface area (Å²) in [4.78, 5) is 11.5. The van der Waals surface area contributed by atoms with Gasteiger partial charge in [0.25, 0.3) is 0 Å². The van der Waals surface area contributed by atoms with Crippen LogP contribution in [0, 0.1) is 11.8 Å². The van der Waals surface area contributed by atoms with Gasteiger partial charge in [0.15, 0.2) is 0 Å². The first kappa shape index (κ1) is 12.6. The normalized spacial score (nSPS) is 32.8. The van der Waals surface area contributed by atoms with Crippen LogP contribution in [-0.4, -0.2) is 30.3 Å². The van der Waals surface area contributed by atoms with E-state index < -0.39 is 11.7 Å². The molecule has 1 saturated carbocycles. The molecule has 2 bridgehead atoms. The smallest absolute Gasteiger partial charge is 0.422 e. The zero-order valence-electron chi connectivity index (χ0n) is 11.0. The van der Waals surface area contributed by atoms with Gasteiger partial charge in [0, 0.05) is 12.1 Å².